The maximum atomic E-state index is 10.3. The third kappa shape index (κ3) is 3.72. The number of rotatable bonds is 5. The van der Waals surface area contributed by atoms with Gasteiger partial charge < -0.3 is 10.2 Å². The first-order chi connectivity index (χ1) is 9.69. The minimum absolute atomic E-state index is 0.678. The van der Waals surface area contributed by atoms with Crippen LogP contribution in [-0.2, 0) is 4.79 Å². The summed E-state index contributed by atoms with van der Waals surface area (Å²) in [5.41, 5.74) is 4.24. The van der Waals surface area contributed by atoms with Crippen LogP contribution >= 0.6 is 0 Å². The molecule has 0 aromatic heterocycles. The molecule has 0 radical (unpaired) electrons. The average Bonchev–Trinajstić information content (AvgIpc) is 2.47. The van der Waals surface area contributed by atoms with Crippen LogP contribution in [-0.4, -0.2) is 20.5 Å². The van der Waals surface area contributed by atoms with Crippen molar-refractivity contribution in [3.05, 3.63) is 59.7 Å². The quantitative estimate of drug-likeness (QED) is 0.663. The third-order valence-electron chi connectivity index (χ3n) is 3.01. The Labute approximate surface area is 119 Å². The van der Waals surface area contributed by atoms with Crippen molar-refractivity contribution in [1.82, 2.24) is 0 Å². The van der Waals surface area contributed by atoms with E-state index in [2.05, 4.69) is 46.6 Å². The van der Waals surface area contributed by atoms with Gasteiger partial charge in [0.05, 0.1) is 0 Å². The molecule has 2 aromatic carbocycles. The summed E-state index contributed by atoms with van der Waals surface area (Å²) < 4.78 is 0. The van der Waals surface area contributed by atoms with E-state index in [9.17, 15) is 4.79 Å². The molecule has 1 amide bonds. The second-order valence-corrected chi connectivity index (χ2v) is 4.70. The van der Waals surface area contributed by atoms with Crippen LogP contribution < -0.4 is 10.2 Å². The highest BCUT2D eigenvalue weighted by Gasteiger charge is 1.94. The maximum Gasteiger partial charge on any atom is 0.211 e. The lowest BCUT2D eigenvalue weighted by molar-refractivity contribution is -0.105. The van der Waals surface area contributed by atoms with E-state index >= 15 is 0 Å². The van der Waals surface area contributed by atoms with Crippen LogP contribution in [0.4, 0.5) is 11.4 Å². The molecule has 0 aliphatic carbocycles. The van der Waals surface area contributed by atoms with Crippen molar-refractivity contribution in [2.75, 3.05) is 24.3 Å². The second-order valence-electron chi connectivity index (χ2n) is 4.70. The molecule has 0 heterocycles. The Morgan fingerprint density at radius 3 is 1.80 bits per heavy atom. The summed E-state index contributed by atoms with van der Waals surface area (Å²) in [6, 6.07) is 16.1. The molecule has 0 saturated heterocycles. The lowest BCUT2D eigenvalue weighted by atomic mass is 10.1. The molecule has 3 heteroatoms. The van der Waals surface area contributed by atoms with Crippen molar-refractivity contribution < 1.29 is 4.79 Å². The number of nitrogens with one attached hydrogen (secondary N) is 1. The lowest BCUT2D eigenvalue weighted by Gasteiger charge is -2.11. The highest BCUT2D eigenvalue weighted by molar-refractivity contribution is 5.74. The second kappa shape index (κ2) is 6.57. The van der Waals surface area contributed by atoms with Crippen LogP contribution in [0.3, 0.4) is 0 Å². The van der Waals surface area contributed by atoms with Gasteiger partial charge in [-0.1, -0.05) is 36.4 Å². The van der Waals surface area contributed by atoms with Crippen molar-refractivity contribution in [1.29, 1.82) is 0 Å². The van der Waals surface area contributed by atoms with Crippen LogP contribution in [0.5, 0.6) is 0 Å². The number of hydrogen-bond donors (Lipinski definition) is 1. The van der Waals surface area contributed by atoms with Crippen molar-refractivity contribution >= 4 is 29.9 Å². The highest BCUT2D eigenvalue weighted by Crippen LogP contribution is 2.15. The van der Waals surface area contributed by atoms with E-state index in [-0.39, 0.29) is 0 Å². The predicted octanol–water partition coefficient (Wildman–Crippen LogP) is 3.49. The Hall–Kier alpha value is -2.55. The van der Waals surface area contributed by atoms with Crippen molar-refractivity contribution in [2.45, 2.75) is 0 Å². The van der Waals surface area contributed by atoms with Crippen LogP contribution in [0.15, 0.2) is 48.5 Å². The molecule has 0 saturated carbocycles. The first-order valence-corrected chi connectivity index (χ1v) is 6.45. The van der Waals surface area contributed by atoms with E-state index in [0.717, 1.165) is 16.8 Å². The first-order valence-electron chi connectivity index (χ1n) is 6.45. The molecule has 2 aromatic rings. The van der Waals surface area contributed by atoms with E-state index in [1.165, 1.54) is 5.69 Å². The molecule has 0 unspecified atom stereocenters. The van der Waals surface area contributed by atoms with E-state index in [4.69, 9.17) is 0 Å². The molecule has 2 rings (SSSR count). The smallest absolute Gasteiger partial charge is 0.211 e. The number of amides is 1. The van der Waals surface area contributed by atoms with Gasteiger partial charge in [0, 0.05) is 25.5 Å². The summed E-state index contributed by atoms with van der Waals surface area (Å²) in [6.45, 7) is 0. The SMILES string of the molecule is CN(C)c1ccc(C=Cc2ccc(NC=O)cc2)cc1. The van der Waals surface area contributed by atoms with Gasteiger partial charge in [0.1, 0.15) is 0 Å². The van der Waals surface area contributed by atoms with Gasteiger partial charge in [-0.3, -0.25) is 4.79 Å². The van der Waals surface area contributed by atoms with Crippen LogP contribution in [0, 0.1) is 0 Å². The van der Waals surface area contributed by atoms with Crippen LogP contribution in [0.2, 0.25) is 0 Å². The van der Waals surface area contributed by atoms with E-state index in [1.807, 2.05) is 38.4 Å². The number of carbonyl (C=O) groups is 1. The summed E-state index contributed by atoms with van der Waals surface area (Å²) in [5.74, 6) is 0. The van der Waals surface area contributed by atoms with E-state index in [1.54, 1.807) is 0 Å². The minimum atomic E-state index is 0.678. The van der Waals surface area contributed by atoms with Gasteiger partial charge in [0.15, 0.2) is 0 Å². The lowest BCUT2D eigenvalue weighted by Crippen LogP contribution is -2.07. The normalized spacial score (nSPS) is 10.5. The monoisotopic (exact) mass is 266 g/mol. The standard InChI is InChI=1S/C17H18N2O/c1-19(2)17-11-7-15(8-12-17)4-3-14-5-9-16(10-6-14)18-13-20/h3-13H,1-2H3,(H,18,20). The average molecular weight is 266 g/mol. The molecule has 0 aliphatic rings. The number of nitrogens with zero attached hydrogens (tertiary/aromatic N) is 1. The highest BCUT2D eigenvalue weighted by atomic mass is 16.1. The van der Waals surface area contributed by atoms with Gasteiger partial charge in [0.25, 0.3) is 0 Å². The Kier molecular flexibility index (Phi) is 4.56. The fourth-order valence-electron chi connectivity index (χ4n) is 1.83. The predicted molar refractivity (Wildman–Crippen MR) is 85.8 cm³/mol. The number of carbonyl (C=O) groups excluding carboxylic acids is 1. The largest absolute Gasteiger partial charge is 0.378 e. The van der Waals surface area contributed by atoms with Gasteiger partial charge in [-0.05, 0) is 35.4 Å². The van der Waals surface area contributed by atoms with Crippen molar-refractivity contribution in [3.8, 4) is 0 Å². The molecule has 0 aliphatic heterocycles. The van der Waals surface area contributed by atoms with Gasteiger partial charge in [-0.25, -0.2) is 0 Å². The molecular formula is C17H18N2O. The zero-order valence-corrected chi connectivity index (χ0v) is 11.7. The molecular weight excluding hydrogens is 248 g/mol. The zero-order chi connectivity index (χ0) is 14.4. The summed E-state index contributed by atoms with van der Waals surface area (Å²) in [4.78, 5) is 12.4. The molecule has 102 valence electrons. The Morgan fingerprint density at radius 2 is 1.35 bits per heavy atom. The van der Waals surface area contributed by atoms with Gasteiger partial charge in [-0.2, -0.15) is 0 Å². The molecule has 0 fully saturated rings. The van der Waals surface area contributed by atoms with E-state index in [0.29, 0.717) is 6.41 Å². The fraction of sp³-hybridized carbons (Fsp3) is 0.118. The molecule has 0 atom stereocenters. The Balaban J connectivity index is 2.06. The van der Waals surface area contributed by atoms with Crippen molar-refractivity contribution in [3.63, 3.8) is 0 Å². The minimum Gasteiger partial charge on any atom is -0.378 e. The third-order valence-corrected chi connectivity index (χ3v) is 3.01. The summed E-state index contributed by atoms with van der Waals surface area (Å²) >= 11 is 0. The maximum absolute atomic E-state index is 10.3. The van der Waals surface area contributed by atoms with Crippen LogP contribution in [0.1, 0.15) is 11.1 Å². The zero-order valence-electron chi connectivity index (χ0n) is 11.7. The van der Waals surface area contributed by atoms with Gasteiger partial charge in [-0.15, -0.1) is 0 Å². The number of anilines is 2. The number of benzene rings is 2. The summed E-state index contributed by atoms with van der Waals surface area (Å²) in [6.07, 6.45) is 4.80. The molecule has 1 N–H and O–H groups in total. The Morgan fingerprint density at radius 1 is 0.850 bits per heavy atom. The van der Waals surface area contributed by atoms with Gasteiger partial charge in [0.2, 0.25) is 6.41 Å². The van der Waals surface area contributed by atoms with Gasteiger partial charge >= 0.3 is 0 Å². The van der Waals surface area contributed by atoms with Crippen molar-refractivity contribution in [2.24, 2.45) is 0 Å². The number of hydrogen-bond acceptors (Lipinski definition) is 2. The van der Waals surface area contributed by atoms with Crippen LogP contribution in [0.25, 0.3) is 12.2 Å². The van der Waals surface area contributed by atoms with E-state index < -0.39 is 0 Å². The summed E-state index contributed by atoms with van der Waals surface area (Å²) in [7, 11) is 4.06. The topological polar surface area (TPSA) is 32.3 Å². The molecule has 0 spiro atoms. The fourth-order valence-corrected chi connectivity index (χ4v) is 1.83. The molecule has 3 nitrogen and oxygen atoms in total. The Bertz CT molecular complexity index is 583. The summed E-state index contributed by atoms with van der Waals surface area (Å²) in [5, 5.41) is 2.62. The molecule has 20 heavy (non-hydrogen) atoms. The molecule has 0 bridgehead atoms. The first kappa shape index (κ1) is 13.9.